The first-order chi connectivity index (χ1) is 7.05. The summed E-state index contributed by atoms with van der Waals surface area (Å²) in [5.74, 6) is -1.40. The van der Waals surface area contributed by atoms with Crippen LogP contribution in [0, 0.1) is 3.57 Å². The van der Waals surface area contributed by atoms with E-state index in [1.54, 1.807) is 0 Å². The molecule has 0 heterocycles. The minimum Gasteiger partial charge on any atom is -0.506 e. The summed E-state index contributed by atoms with van der Waals surface area (Å²) in [6.45, 7) is 0. The lowest BCUT2D eigenvalue weighted by molar-refractivity contribution is -0.142. The van der Waals surface area contributed by atoms with E-state index >= 15 is 0 Å². The molecule has 90 valence electrons. The van der Waals surface area contributed by atoms with Gasteiger partial charge in [-0.15, -0.1) is 0 Å². The van der Waals surface area contributed by atoms with Crippen LogP contribution in [0.2, 0.25) is 0 Å². The molecule has 0 saturated heterocycles. The first-order valence-corrected chi connectivity index (χ1v) is 4.79. The first kappa shape index (κ1) is 13.4. The van der Waals surface area contributed by atoms with Crippen LogP contribution in [0.15, 0.2) is 12.1 Å². The molecule has 0 unspecified atom stereocenters. The van der Waals surface area contributed by atoms with E-state index in [-0.39, 0.29) is 6.07 Å². The van der Waals surface area contributed by atoms with Crippen LogP contribution in [-0.2, 0) is 12.4 Å². The highest BCUT2D eigenvalue weighted by Gasteiger charge is 2.39. The van der Waals surface area contributed by atoms with E-state index < -0.39 is 32.8 Å². The van der Waals surface area contributed by atoms with Gasteiger partial charge >= 0.3 is 12.4 Å². The third-order valence-electron chi connectivity index (χ3n) is 1.73. The molecule has 8 heteroatoms. The van der Waals surface area contributed by atoms with Gasteiger partial charge in [0.1, 0.15) is 5.75 Å². The van der Waals surface area contributed by atoms with Crippen molar-refractivity contribution in [1.82, 2.24) is 0 Å². The topological polar surface area (TPSA) is 20.2 Å². The SMILES string of the molecule is Oc1c(C(F)(F)F)ccc(C(F)(F)F)c1I. The number of alkyl halides is 6. The van der Waals surface area contributed by atoms with Gasteiger partial charge < -0.3 is 5.11 Å². The Morgan fingerprint density at radius 3 is 1.62 bits per heavy atom. The van der Waals surface area contributed by atoms with Crippen LogP contribution in [0.3, 0.4) is 0 Å². The smallest absolute Gasteiger partial charge is 0.419 e. The number of benzene rings is 1. The summed E-state index contributed by atoms with van der Waals surface area (Å²) >= 11 is 1.03. The number of phenolic OH excluding ortho intramolecular Hbond substituents is 1. The molecule has 0 fully saturated rings. The maximum absolute atomic E-state index is 12.3. The van der Waals surface area contributed by atoms with Crippen molar-refractivity contribution in [2.75, 3.05) is 0 Å². The number of hydrogen-bond donors (Lipinski definition) is 1. The van der Waals surface area contributed by atoms with Crippen molar-refractivity contribution < 1.29 is 31.4 Å². The fourth-order valence-corrected chi connectivity index (χ4v) is 1.79. The Hall–Kier alpha value is -0.670. The quantitative estimate of drug-likeness (QED) is 0.550. The third-order valence-corrected chi connectivity index (χ3v) is 2.82. The predicted octanol–water partition coefficient (Wildman–Crippen LogP) is 4.03. The van der Waals surface area contributed by atoms with Gasteiger partial charge in [0.25, 0.3) is 0 Å². The average molecular weight is 356 g/mol. The third kappa shape index (κ3) is 2.53. The van der Waals surface area contributed by atoms with Crippen LogP contribution in [0.5, 0.6) is 5.75 Å². The van der Waals surface area contributed by atoms with Crippen molar-refractivity contribution in [2.45, 2.75) is 12.4 Å². The largest absolute Gasteiger partial charge is 0.506 e. The lowest BCUT2D eigenvalue weighted by Gasteiger charge is -2.14. The molecule has 1 rings (SSSR count). The summed E-state index contributed by atoms with van der Waals surface area (Å²) < 4.78 is 72.6. The van der Waals surface area contributed by atoms with Crippen LogP contribution < -0.4 is 0 Å². The number of aromatic hydroxyl groups is 1. The molecule has 1 aromatic carbocycles. The minimum atomic E-state index is -4.88. The summed E-state index contributed by atoms with van der Waals surface area (Å²) in [6, 6.07) is 0.505. The zero-order valence-electron chi connectivity index (χ0n) is 7.25. The Morgan fingerprint density at radius 1 is 0.875 bits per heavy atom. The predicted molar refractivity (Wildman–Crippen MR) is 50.8 cm³/mol. The van der Waals surface area contributed by atoms with E-state index in [1.807, 2.05) is 0 Å². The van der Waals surface area contributed by atoms with Crippen LogP contribution in [0.25, 0.3) is 0 Å². The van der Waals surface area contributed by atoms with Crippen molar-refractivity contribution in [3.05, 3.63) is 26.8 Å². The lowest BCUT2D eigenvalue weighted by atomic mass is 10.1. The Labute approximate surface area is 99.2 Å². The van der Waals surface area contributed by atoms with E-state index in [1.165, 1.54) is 0 Å². The second-order valence-corrected chi connectivity index (χ2v) is 3.90. The Kier molecular flexibility index (Phi) is 3.32. The van der Waals surface area contributed by atoms with Gasteiger partial charge in [-0.3, -0.25) is 0 Å². The van der Waals surface area contributed by atoms with Gasteiger partial charge in [0.15, 0.2) is 0 Å². The molecule has 16 heavy (non-hydrogen) atoms. The van der Waals surface area contributed by atoms with Gasteiger partial charge in [-0.2, -0.15) is 26.3 Å². The van der Waals surface area contributed by atoms with Crippen LogP contribution in [0.4, 0.5) is 26.3 Å². The Balaban J connectivity index is 3.41. The van der Waals surface area contributed by atoms with Crippen LogP contribution >= 0.6 is 22.6 Å². The van der Waals surface area contributed by atoms with Crippen molar-refractivity contribution in [1.29, 1.82) is 0 Å². The maximum atomic E-state index is 12.3. The molecular weight excluding hydrogens is 353 g/mol. The number of rotatable bonds is 0. The highest BCUT2D eigenvalue weighted by molar-refractivity contribution is 14.1. The Bertz CT molecular complexity index is 369. The van der Waals surface area contributed by atoms with Crippen LogP contribution in [0.1, 0.15) is 11.1 Å². The maximum Gasteiger partial charge on any atom is 0.419 e. The molecular formula is C8H3F6IO. The summed E-state index contributed by atoms with van der Waals surface area (Å²) in [5, 5.41) is 9.05. The monoisotopic (exact) mass is 356 g/mol. The second kappa shape index (κ2) is 3.97. The summed E-state index contributed by atoms with van der Waals surface area (Å²) in [5.41, 5.74) is -2.77. The fraction of sp³-hybridized carbons (Fsp3) is 0.250. The number of halogens is 7. The molecule has 0 aliphatic rings. The van der Waals surface area contributed by atoms with Crippen LogP contribution in [-0.4, -0.2) is 5.11 Å². The van der Waals surface area contributed by atoms with E-state index in [9.17, 15) is 26.3 Å². The molecule has 0 amide bonds. The highest BCUT2D eigenvalue weighted by Crippen LogP contribution is 2.43. The lowest BCUT2D eigenvalue weighted by Crippen LogP contribution is -2.11. The summed E-state index contributed by atoms with van der Waals surface area (Å²) in [6.07, 6.45) is -9.67. The highest BCUT2D eigenvalue weighted by atomic mass is 127. The molecule has 0 aromatic heterocycles. The summed E-state index contributed by atoms with van der Waals surface area (Å²) in [4.78, 5) is 0. The molecule has 0 radical (unpaired) electrons. The molecule has 0 bridgehead atoms. The molecule has 1 N–H and O–H groups in total. The molecule has 1 aromatic rings. The van der Waals surface area contributed by atoms with E-state index in [2.05, 4.69) is 0 Å². The zero-order valence-corrected chi connectivity index (χ0v) is 9.41. The van der Waals surface area contributed by atoms with E-state index in [4.69, 9.17) is 5.11 Å². The van der Waals surface area contributed by atoms with E-state index in [0.717, 1.165) is 22.6 Å². The van der Waals surface area contributed by atoms with Gasteiger partial charge in [0, 0.05) is 0 Å². The first-order valence-electron chi connectivity index (χ1n) is 3.71. The molecule has 0 saturated carbocycles. The average Bonchev–Trinajstić information content (AvgIpc) is 2.05. The molecule has 0 spiro atoms. The van der Waals surface area contributed by atoms with Gasteiger partial charge in [-0.1, -0.05) is 0 Å². The van der Waals surface area contributed by atoms with Gasteiger partial charge in [-0.05, 0) is 34.7 Å². The number of hydrogen-bond acceptors (Lipinski definition) is 1. The molecule has 0 aliphatic carbocycles. The molecule has 0 aliphatic heterocycles. The molecule has 1 nitrogen and oxygen atoms in total. The summed E-state index contributed by atoms with van der Waals surface area (Å²) in [7, 11) is 0. The van der Waals surface area contributed by atoms with Gasteiger partial charge in [0.2, 0.25) is 0 Å². The van der Waals surface area contributed by atoms with Crippen molar-refractivity contribution in [3.63, 3.8) is 0 Å². The fourth-order valence-electron chi connectivity index (χ4n) is 1.01. The van der Waals surface area contributed by atoms with Gasteiger partial charge in [-0.25, -0.2) is 0 Å². The standard InChI is InChI=1S/C8H3F6IO/c9-7(10,11)3-1-2-4(8(12,13)14)6(16)5(3)15/h1-2,16H. The Morgan fingerprint density at radius 2 is 1.25 bits per heavy atom. The minimum absolute atomic E-state index is 0.209. The van der Waals surface area contributed by atoms with Crippen molar-refractivity contribution >= 4 is 22.6 Å². The normalized spacial score (nSPS) is 12.9. The molecule has 0 atom stereocenters. The second-order valence-electron chi connectivity index (χ2n) is 2.82. The van der Waals surface area contributed by atoms with Gasteiger partial charge in [0.05, 0.1) is 14.7 Å². The van der Waals surface area contributed by atoms with Crippen molar-refractivity contribution in [3.8, 4) is 5.75 Å². The van der Waals surface area contributed by atoms with Crippen molar-refractivity contribution in [2.24, 2.45) is 0 Å². The zero-order chi connectivity index (χ0) is 12.7. The number of phenols is 1. The van der Waals surface area contributed by atoms with E-state index in [0.29, 0.717) is 6.07 Å².